The molecule has 0 aromatic heterocycles. The van der Waals surface area contributed by atoms with Gasteiger partial charge in [0.05, 0.1) is 10.6 Å². The standard InChI is InChI=1S/C32H41N3O4S/c1-8-28(31(37)33-32(5,6)7)34(21-26-14-10-9-11-15-26)30(36)22-35(29-16-12-13-24(3)25(29)4)40(38,39)27-19-17-23(2)18-20-27/h9-20,28H,8,21-22H2,1-7H3,(H,33,37)/t28-/m0/s1. The van der Waals surface area contributed by atoms with Crippen molar-refractivity contribution in [2.45, 2.75) is 77.9 Å². The monoisotopic (exact) mass is 563 g/mol. The van der Waals surface area contributed by atoms with Crippen molar-refractivity contribution in [3.8, 4) is 0 Å². The smallest absolute Gasteiger partial charge is 0.264 e. The molecule has 0 aliphatic carbocycles. The molecular formula is C32H41N3O4S. The van der Waals surface area contributed by atoms with Gasteiger partial charge in [0.2, 0.25) is 11.8 Å². The van der Waals surface area contributed by atoms with Crippen molar-refractivity contribution in [1.82, 2.24) is 10.2 Å². The summed E-state index contributed by atoms with van der Waals surface area (Å²) in [6.45, 7) is 12.9. The third kappa shape index (κ3) is 7.50. The zero-order valence-corrected chi connectivity index (χ0v) is 25.4. The Morgan fingerprint density at radius 3 is 2.08 bits per heavy atom. The molecule has 0 unspecified atom stereocenters. The van der Waals surface area contributed by atoms with Gasteiger partial charge in [0.1, 0.15) is 12.6 Å². The Balaban J connectivity index is 2.10. The van der Waals surface area contributed by atoms with Crippen molar-refractivity contribution in [3.05, 3.63) is 95.1 Å². The Labute approximate surface area is 239 Å². The molecule has 3 aromatic rings. The van der Waals surface area contributed by atoms with Gasteiger partial charge in [-0.2, -0.15) is 0 Å². The van der Waals surface area contributed by atoms with Gasteiger partial charge < -0.3 is 10.2 Å². The number of carbonyl (C=O) groups is 2. The van der Waals surface area contributed by atoms with E-state index in [1.165, 1.54) is 9.21 Å². The molecule has 3 aromatic carbocycles. The first-order valence-electron chi connectivity index (χ1n) is 13.6. The number of anilines is 1. The topological polar surface area (TPSA) is 86.8 Å². The van der Waals surface area contributed by atoms with Gasteiger partial charge in [0, 0.05) is 12.1 Å². The van der Waals surface area contributed by atoms with Crippen molar-refractivity contribution < 1.29 is 18.0 Å². The van der Waals surface area contributed by atoms with Crippen LogP contribution in [0.4, 0.5) is 5.69 Å². The third-order valence-corrected chi connectivity index (χ3v) is 8.59. The van der Waals surface area contributed by atoms with Crippen LogP contribution in [0.2, 0.25) is 0 Å². The molecule has 2 amide bonds. The van der Waals surface area contributed by atoms with Crippen LogP contribution in [0.15, 0.2) is 77.7 Å². The molecular weight excluding hydrogens is 522 g/mol. The Hall–Kier alpha value is -3.65. The summed E-state index contributed by atoms with van der Waals surface area (Å²) >= 11 is 0. The normalized spacial score (nSPS) is 12.5. The van der Waals surface area contributed by atoms with Gasteiger partial charge >= 0.3 is 0 Å². The summed E-state index contributed by atoms with van der Waals surface area (Å²) in [5, 5.41) is 2.99. The Kier molecular flexibility index (Phi) is 9.79. The van der Waals surface area contributed by atoms with Gasteiger partial charge in [-0.15, -0.1) is 0 Å². The molecule has 40 heavy (non-hydrogen) atoms. The molecule has 0 saturated heterocycles. The summed E-state index contributed by atoms with van der Waals surface area (Å²) in [5.74, 6) is -0.740. The van der Waals surface area contributed by atoms with Crippen molar-refractivity contribution >= 4 is 27.5 Å². The lowest BCUT2D eigenvalue weighted by atomic mass is 10.1. The molecule has 7 nitrogen and oxygen atoms in total. The molecule has 0 spiro atoms. The van der Waals surface area contributed by atoms with Gasteiger partial charge in [-0.25, -0.2) is 8.42 Å². The lowest BCUT2D eigenvalue weighted by Gasteiger charge is -2.35. The molecule has 0 saturated carbocycles. The number of nitrogens with one attached hydrogen (secondary N) is 1. The molecule has 3 rings (SSSR count). The molecule has 0 heterocycles. The number of aryl methyl sites for hydroxylation is 2. The van der Waals surface area contributed by atoms with Crippen LogP contribution in [-0.2, 0) is 26.2 Å². The summed E-state index contributed by atoms with van der Waals surface area (Å²) in [6, 6.07) is 20.6. The van der Waals surface area contributed by atoms with Gasteiger partial charge in [0.25, 0.3) is 10.0 Å². The number of rotatable bonds is 10. The zero-order chi connectivity index (χ0) is 29.7. The van der Waals surface area contributed by atoms with E-state index >= 15 is 0 Å². The summed E-state index contributed by atoms with van der Waals surface area (Å²) in [7, 11) is -4.11. The highest BCUT2D eigenvalue weighted by Crippen LogP contribution is 2.29. The number of benzene rings is 3. The highest BCUT2D eigenvalue weighted by molar-refractivity contribution is 7.92. The van der Waals surface area contributed by atoms with Crippen LogP contribution in [0.25, 0.3) is 0 Å². The van der Waals surface area contributed by atoms with Crippen LogP contribution in [-0.4, -0.2) is 43.3 Å². The predicted octanol–water partition coefficient (Wildman–Crippen LogP) is 5.53. The number of sulfonamides is 1. The van der Waals surface area contributed by atoms with E-state index in [1.807, 2.05) is 84.9 Å². The number of hydrogen-bond acceptors (Lipinski definition) is 4. The minimum atomic E-state index is -4.11. The summed E-state index contributed by atoms with van der Waals surface area (Å²) in [4.78, 5) is 29.2. The lowest BCUT2D eigenvalue weighted by Crippen LogP contribution is -2.55. The average Bonchev–Trinajstić information content (AvgIpc) is 2.88. The molecule has 0 fully saturated rings. The Bertz CT molecular complexity index is 1430. The third-order valence-electron chi connectivity index (χ3n) is 6.81. The quantitative estimate of drug-likeness (QED) is 0.352. The largest absolute Gasteiger partial charge is 0.350 e. The first kappa shape index (κ1) is 30.9. The van der Waals surface area contributed by atoms with Crippen molar-refractivity contribution in [3.63, 3.8) is 0 Å². The fraction of sp³-hybridized carbons (Fsp3) is 0.375. The van der Waals surface area contributed by atoms with E-state index in [2.05, 4.69) is 5.32 Å². The van der Waals surface area contributed by atoms with Crippen molar-refractivity contribution in [2.24, 2.45) is 0 Å². The maximum atomic E-state index is 14.2. The van der Waals surface area contributed by atoms with Crippen LogP contribution < -0.4 is 9.62 Å². The second-order valence-corrected chi connectivity index (χ2v) is 13.1. The van der Waals surface area contributed by atoms with E-state index in [1.54, 1.807) is 36.4 Å². The van der Waals surface area contributed by atoms with Crippen molar-refractivity contribution in [1.29, 1.82) is 0 Å². The van der Waals surface area contributed by atoms with E-state index < -0.39 is 34.1 Å². The van der Waals surface area contributed by atoms with Crippen LogP contribution in [0, 0.1) is 20.8 Å². The van der Waals surface area contributed by atoms with Gasteiger partial charge in [0.15, 0.2) is 0 Å². The second kappa shape index (κ2) is 12.7. The van der Waals surface area contributed by atoms with Crippen molar-refractivity contribution in [2.75, 3.05) is 10.8 Å². The molecule has 1 N–H and O–H groups in total. The molecule has 0 radical (unpaired) electrons. The minimum Gasteiger partial charge on any atom is -0.350 e. The Morgan fingerprint density at radius 1 is 0.875 bits per heavy atom. The zero-order valence-electron chi connectivity index (χ0n) is 24.6. The SMILES string of the molecule is CC[C@@H](C(=O)NC(C)(C)C)N(Cc1ccccc1)C(=O)CN(c1cccc(C)c1C)S(=O)(=O)c1ccc(C)cc1. The van der Waals surface area contributed by atoms with Gasteiger partial charge in [-0.05, 0) is 82.9 Å². The van der Waals surface area contributed by atoms with Crippen LogP contribution >= 0.6 is 0 Å². The highest BCUT2D eigenvalue weighted by Gasteiger charge is 2.35. The molecule has 0 aliphatic heterocycles. The first-order valence-corrected chi connectivity index (χ1v) is 15.0. The first-order chi connectivity index (χ1) is 18.7. The summed E-state index contributed by atoms with van der Waals surface area (Å²) in [6.07, 6.45) is 0.370. The van der Waals surface area contributed by atoms with E-state index in [0.29, 0.717) is 12.1 Å². The molecule has 8 heteroatoms. The predicted molar refractivity (Wildman–Crippen MR) is 161 cm³/mol. The highest BCUT2D eigenvalue weighted by atomic mass is 32.2. The number of hydrogen-bond donors (Lipinski definition) is 1. The van der Waals surface area contributed by atoms with Crippen LogP contribution in [0.3, 0.4) is 0 Å². The fourth-order valence-electron chi connectivity index (χ4n) is 4.51. The average molecular weight is 564 g/mol. The van der Waals surface area contributed by atoms with Crippen LogP contribution in [0.1, 0.15) is 56.4 Å². The fourth-order valence-corrected chi connectivity index (χ4v) is 5.98. The summed E-state index contributed by atoms with van der Waals surface area (Å²) < 4.78 is 29.3. The number of amides is 2. The maximum Gasteiger partial charge on any atom is 0.264 e. The van der Waals surface area contributed by atoms with E-state index in [9.17, 15) is 18.0 Å². The number of carbonyl (C=O) groups excluding carboxylic acids is 2. The van der Waals surface area contributed by atoms with E-state index in [-0.39, 0.29) is 17.3 Å². The maximum absolute atomic E-state index is 14.2. The lowest BCUT2D eigenvalue weighted by molar-refractivity contribution is -0.141. The second-order valence-electron chi connectivity index (χ2n) is 11.2. The summed E-state index contributed by atoms with van der Waals surface area (Å²) in [5.41, 5.74) is 3.38. The van der Waals surface area contributed by atoms with Gasteiger partial charge in [-0.3, -0.25) is 13.9 Å². The molecule has 0 bridgehead atoms. The van der Waals surface area contributed by atoms with E-state index in [4.69, 9.17) is 0 Å². The molecule has 0 aliphatic rings. The molecule has 1 atom stereocenters. The number of nitrogens with zero attached hydrogens (tertiary/aromatic N) is 2. The Morgan fingerprint density at radius 2 is 1.50 bits per heavy atom. The van der Waals surface area contributed by atoms with E-state index in [0.717, 1.165) is 22.3 Å². The molecule has 214 valence electrons. The van der Waals surface area contributed by atoms with Gasteiger partial charge in [-0.1, -0.05) is 67.1 Å². The van der Waals surface area contributed by atoms with Crippen LogP contribution in [0.5, 0.6) is 0 Å². The minimum absolute atomic E-state index is 0.0962.